The largest absolute Gasteiger partial charge is 0.396 e. The van der Waals surface area contributed by atoms with E-state index in [1.54, 1.807) is 0 Å². The van der Waals surface area contributed by atoms with Crippen molar-refractivity contribution in [3.05, 3.63) is 0 Å². The van der Waals surface area contributed by atoms with Crippen LogP contribution >= 0.6 is 0 Å². The van der Waals surface area contributed by atoms with Gasteiger partial charge < -0.3 is 10.4 Å². The average Bonchev–Trinajstić information content (AvgIpc) is 2.73. The fourth-order valence-corrected chi connectivity index (χ4v) is 2.97. The normalized spacial score (nSPS) is 21.7. The molecule has 0 saturated carbocycles. The zero-order chi connectivity index (χ0) is 13.4. The molecule has 1 unspecified atom stereocenters. The summed E-state index contributed by atoms with van der Waals surface area (Å²) in [4.78, 5) is 2.64. The van der Waals surface area contributed by atoms with Gasteiger partial charge in [0.25, 0.3) is 0 Å². The van der Waals surface area contributed by atoms with E-state index >= 15 is 0 Å². The lowest BCUT2D eigenvalue weighted by molar-refractivity contribution is 0.150. The van der Waals surface area contributed by atoms with Crippen molar-refractivity contribution in [2.24, 2.45) is 5.41 Å². The second-order valence-corrected chi connectivity index (χ2v) is 6.47. The Bertz CT molecular complexity index is 219. The van der Waals surface area contributed by atoms with Crippen LogP contribution in [0.15, 0.2) is 0 Å². The number of nitrogens with zero attached hydrogens (tertiary/aromatic N) is 1. The average molecular weight is 256 g/mol. The maximum atomic E-state index is 8.96. The van der Waals surface area contributed by atoms with Crippen molar-refractivity contribution in [1.82, 2.24) is 10.2 Å². The van der Waals surface area contributed by atoms with Crippen molar-refractivity contribution in [2.45, 2.75) is 58.9 Å². The Labute approximate surface area is 113 Å². The van der Waals surface area contributed by atoms with Gasteiger partial charge in [0, 0.05) is 25.7 Å². The number of nitrogens with one attached hydrogen (secondary N) is 1. The van der Waals surface area contributed by atoms with E-state index in [9.17, 15) is 0 Å². The first kappa shape index (κ1) is 15.9. The molecule has 1 atom stereocenters. The summed E-state index contributed by atoms with van der Waals surface area (Å²) in [5.74, 6) is 0. The second-order valence-electron chi connectivity index (χ2n) is 6.47. The number of rotatable bonds is 9. The van der Waals surface area contributed by atoms with Crippen LogP contribution in [0.5, 0.6) is 0 Å². The Balaban J connectivity index is 2.33. The van der Waals surface area contributed by atoms with Crippen LogP contribution in [-0.4, -0.2) is 48.8 Å². The summed E-state index contributed by atoms with van der Waals surface area (Å²) < 4.78 is 0. The lowest BCUT2D eigenvalue weighted by Gasteiger charge is -2.34. The smallest absolute Gasteiger partial charge is 0.0431 e. The standard InChI is InChI=1S/C15H32N2O/c1-4-9-16-12-15(2,3)13-17-10-5-7-14(17)8-6-11-18/h14,16,18H,4-13H2,1-3H3. The summed E-state index contributed by atoms with van der Waals surface area (Å²) in [6.07, 6.45) is 5.97. The van der Waals surface area contributed by atoms with Gasteiger partial charge in [-0.1, -0.05) is 20.8 Å². The Morgan fingerprint density at radius 1 is 1.39 bits per heavy atom. The highest BCUT2D eigenvalue weighted by molar-refractivity contribution is 4.84. The zero-order valence-corrected chi connectivity index (χ0v) is 12.5. The van der Waals surface area contributed by atoms with Crippen molar-refractivity contribution < 1.29 is 5.11 Å². The summed E-state index contributed by atoms with van der Waals surface area (Å²) in [6.45, 7) is 11.9. The maximum Gasteiger partial charge on any atom is 0.0431 e. The quantitative estimate of drug-likeness (QED) is 0.621. The minimum atomic E-state index is 0.339. The number of hydrogen-bond donors (Lipinski definition) is 2. The molecule has 1 saturated heterocycles. The summed E-state index contributed by atoms with van der Waals surface area (Å²) in [6, 6.07) is 0.711. The Kier molecular flexibility index (Phi) is 7.20. The molecule has 0 aromatic rings. The van der Waals surface area contributed by atoms with Crippen LogP contribution in [0.3, 0.4) is 0 Å². The molecule has 0 aromatic carbocycles. The van der Waals surface area contributed by atoms with Gasteiger partial charge in [0.05, 0.1) is 0 Å². The number of aliphatic hydroxyl groups excluding tert-OH is 1. The van der Waals surface area contributed by atoms with E-state index in [2.05, 4.69) is 31.0 Å². The van der Waals surface area contributed by atoms with E-state index in [1.807, 2.05) is 0 Å². The summed E-state index contributed by atoms with van der Waals surface area (Å²) in [5.41, 5.74) is 0.344. The van der Waals surface area contributed by atoms with E-state index in [0.717, 1.165) is 25.9 Å². The van der Waals surface area contributed by atoms with Gasteiger partial charge in [0.1, 0.15) is 0 Å². The van der Waals surface area contributed by atoms with Gasteiger partial charge in [0.2, 0.25) is 0 Å². The van der Waals surface area contributed by atoms with Gasteiger partial charge in [-0.3, -0.25) is 4.90 Å². The summed E-state index contributed by atoms with van der Waals surface area (Å²) in [7, 11) is 0. The molecule has 2 N–H and O–H groups in total. The van der Waals surface area contributed by atoms with E-state index in [0.29, 0.717) is 18.1 Å². The Hall–Kier alpha value is -0.120. The first-order chi connectivity index (χ1) is 8.59. The molecule has 1 aliphatic rings. The van der Waals surface area contributed by atoms with Crippen molar-refractivity contribution >= 4 is 0 Å². The van der Waals surface area contributed by atoms with E-state index in [1.165, 1.54) is 32.4 Å². The predicted octanol–water partition coefficient (Wildman–Crippen LogP) is 2.25. The highest BCUT2D eigenvalue weighted by atomic mass is 16.2. The van der Waals surface area contributed by atoms with Crippen LogP contribution in [0.1, 0.15) is 52.9 Å². The molecule has 0 radical (unpaired) electrons. The SMILES string of the molecule is CCCNCC(C)(C)CN1CCCC1CCCO. The van der Waals surface area contributed by atoms with Crippen LogP contribution in [-0.2, 0) is 0 Å². The van der Waals surface area contributed by atoms with Gasteiger partial charge >= 0.3 is 0 Å². The van der Waals surface area contributed by atoms with Crippen LogP contribution in [0.25, 0.3) is 0 Å². The minimum absolute atomic E-state index is 0.339. The van der Waals surface area contributed by atoms with Crippen LogP contribution in [0.2, 0.25) is 0 Å². The predicted molar refractivity (Wildman–Crippen MR) is 77.9 cm³/mol. The molecule has 1 rings (SSSR count). The topological polar surface area (TPSA) is 35.5 Å². The third kappa shape index (κ3) is 5.68. The molecule has 0 amide bonds. The molecule has 1 heterocycles. The van der Waals surface area contributed by atoms with Crippen molar-refractivity contribution in [3.63, 3.8) is 0 Å². The molecule has 108 valence electrons. The number of aliphatic hydroxyl groups is 1. The van der Waals surface area contributed by atoms with Crippen molar-refractivity contribution in [3.8, 4) is 0 Å². The molecular formula is C15H32N2O. The third-order valence-corrected chi connectivity index (χ3v) is 3.86. The number of hydrogen-bond acceptors (Lipinski definition) is 3. The summed E-state index contributed by atoms with van der Waals surface area (Å²) >= 11 is 0. The van der Waals surface area contributed by atoms with Gasteiger partial charge in [-0.25, -0.2) is 0 Å². The molecule has 3 nitrogen and oxygen atoms in total. The van der Waals surface area contributed by atoms with Crippen molar-refractivity contribution in [2.75, 3.05) is 32.8 Å². The lowest BCUT2D eigenvalue weighted by Crippen LogP contribution is -2.42. The van der Waals surface area contributed by atoms with Crippen LogP contribution in [0, 0.1) is 5.41 Å². The van der Waals surface area contributed by atoms with Gasteiger partial charge in [-0.05, 0) is 50.6 Å². The van der Waals surface area contributed by atoms with Gasteiger partial charge in [-0.2, -0.15) is 0 Å². The monoisotopic (exact) mass is 256 g/mol. The lowest BCUT2D eigenvalue weighted by atomic mass is 9.92. The van der Waals surface area contributed by atoms with E-state index in [4.69, 9.17) is 5.11 Å². The zero-order valence-electron chi connectivity index (χ0n) is 12.5. The number of likely N-dealkylation sites (tertiary alicyclic amines) is 1. The van der Waals surface area contributed by atoms with Gasteiger partial charge in [0.15, 0.2) is 0 Å². The van der Waals surface area contributed by atoms with E-state index in [-0.39, 0.29) is 0 Å². The van der Waals surface area contributed by atoms with Crippen molar-refractivity contribution in [1.29, 1.82) is 0 Å². The maximum absolute atomic E-state index is 8.96. The van der Waals surface area contributed by atoms with E-state index < -0.39 is 0 Å². The van der Waals surface area contributed by atoms with Gasteiger partial charge in [-0.15, -0.1) is 0 Å². The highest BCUT2D eigenvalue weighted by Gasteiger charge is 2.29. The van der Waals surface area contributed by atoms with Crippen LogP contribution < -0.4 is 5.32 Å². The highest BCUT2D eigenvalue weighted by Crippen LogP contribution is 2.26. The first-order valence-corrected chi connectivity index (χ1v) is 7.64. The molecule has 18 heavy (non-hydrogen) atoms. The second kappa shape index (κ2) is 8.13. The molecule has 0 bridgehead atoms. The minimum Gasteiger partial charge on any atom is -0.396 e. The molecule has 1 aliphatic heterocycles. The molecule has 3 heteroatoms. The van der Waals surface area contributed by atoms with Crippen LogP contribution in [0.4, 0.5) is 0 Å². The first-order valence-electron chi connectivity index (χ1n) is 7.64. The molecule has 1 fully saturated rings. The summed E-state index contributed by atoms with van der Waals surface area (Å²) in [5, 5.41) is 12.5. The third-order valence-electron chi connectivity index (χ3n) is 3.86. The fourth-order valence-electron chi connectivity index (χ4n) is 2.97. The Morgan fingerprint density at radius 3 is 2.83 bits per heavy atom. The molecular weight excluding hydrogens is 224 g/mol. The molecule has 0 spiro atoms. The Morgan fingerprint density at radius 2 is 2.17 bits per heavy atom. The molecule has 0 aliphatic carbocycles. The molecule has 0 aromatic heterocycles. The fraction of sp³-hybridized carbons (Fsp3) is 1.00.